The van der Waals surface area contributed by atoms with Crippen molar-refractivity contribution in [3.8, 4) is 0 Å². The van der Waals surface area contributed by atoms with E-state index in [2.05, 4.69) is 40.4 Å². The van der Waals surface area contributed by atoms with Crippen LogP contribution in [0.25, 0.3) is 0 Å². The third-order valence-electron chi connectivity index (χ3n) is 7.75. The first kappa shape index (κ1) is 26.5. The Hall–Kier alpha value is -2.13. The second kappa shape index (κ2) is 9.85. The molecule has 0 aromatic heterocycles. The zero-order chi connectivity index (χ0) is 25.4. The Morgan fingerprint density at radius 1 is 1.21 bits per heavy atom. The van der Waals surface area contributed by atoms with Crippen molar-refractivity contribution in [1.29, 1.82) is 0 Å². The summed E-state index contributed by atoms with van der Waals surface area (Å²) in [4.78, 5) is 40.9. The molecular weight excluding hydrogens is 452 g/mol. The maximum atomic E-state index is 13.4. The Morgan fingerprint density at radius 3 is 2.32 bits per heavy atom. The van der Waals surface area contributed by atoms with Gasteiger partial charge in [-0.3, -0.25) is 4.79 Å². The number of carboxylic acid groups (broad SMARTS) is 1. The fraction of sp³-hybridized carbons (Fsp3) is 0.720. The van der Waals surface area contributed by atoms with Gasteiger partial charge in [-0.1, -0.05) is 33.4 Å². The number of piperidine rings is 1. The smallest absolute Gasteiger partial charge is 0.410 e. The standard InChI is InChI=1S/C25H40N2O6Si/c1-8-13-32-23(31)26-11-9-16(10-12-26)14-17-15-18-19(21(28)27(18)20(17)22(29)30)25(5,24(2,3)4)33-34(6)7/h8,16,18-19,34H,1,9-15H2,2-7H3,(H,29,30)/t18-,19-,25-/m1/s1. The van der Waals surface area contributed by atoms with E-state index in [1.807, 2.05) is 6.92 Å². The summed E-state index contributed by atoms with van der Waals surface area (Å²) in [5.74, 6) is -1.25. The molecule has 3 rings (SSSR count). The molecule has 3 aliphatic heterocycles. The molecule has 8 nitrogen and oxygen atoms in total. The summed E-state index contributed by atoms with van der Waals surface area (Å²) in [5.41, 5.74) is 0.0914. The molecule has 3 aliphatic rings. The number of carbonyl (C=O) groups excluding carboxylic acids is 2. The molecule has 0 spiro atoms. The number of hydrogen-bond donors (Lipinski definition) is 1. The molecule has 190 valence electrons. The van der Waals surface area contributed by atoms with Crippen LogP contribution in [-0.2, 0) is 18.8 Å². The summed E-state index contributed by atoms with van der Waals surface area (Å²) in [7, 11) is -1.45. The number of β-lactam (4-membered cyclic amide) rings is 1. The maximum Gasteiger partial charge on any atom is 0.410 e. The minimum Gasteiger partial charge on any atom is -0.477 e. The fourth-order valence-electron chi connectivity index (χ4n) is 5.68. The van der Waals surface area contributed by atoms with Crippen LogP contribution >= 0.6 is 0 Å². The normalized spacial score (nSPS) is 25.2. The first-order valence-electron chi connectivity index (χ1n) is 12.3. The van der Waals surface area contributed by atoms with Gasteiger partial charge in [0, 0.05) is 13.1 Å². The molecule has 0 aliphatic carbocycles. The highest BCUT2D eigenvalue weighted by Gasteiger charge is 2.64. The number of ether oxygens (including phenoxy) is 1. The molecule has 2 fully saturated rings. The Labute approximate surface area is 204 Å². The van der Waals surface area contributed by atoms with Crippen molar-refractivity contribution < 1.29 is 28.7 Å². The van der Waals surface area contributed by atoms with Gasteiger partial charge in [-0.15, -0.1) is 0 Å². The molecule has 0 radical (unpaired) electrons. The summed E-state index contributed by atoms with van der Waals surface area (Å²) in [6.45, 7) is 17.4. The number of carboxylic acids is 1. The van der Waals surface area contributed by atoms with Crippen LogP contribution in [0, 0.1) is 17.3 Å². The molecule has 3 atom stereocenters. The van der Waals surface area contributed by atoms with Gasteiger partial charge in [0.2, 0.25) is 5.91 Å². The minimum absolute atomic E-state index is 0.135. The summed E-state index contributed by atoms with van der Waals surface area (Å²) in [5, 5.41) is 9.99. The van der Waals surface area contributed by atoms with Crippen molar-refractivity contribution >= 4 is 27.0 Å². The van der Waals surface area contributed by atoms with Gasteiger partial charge in [0.1, 0.15) is 12.3 Å². The Bertz CT molecular complexity index is 871. The average Bonchev–Trinajstić information content (AvgIpc) is 3.05. The summed E-state index contributed by atoms with van der Waals surface area (Å²) in [6.07, 6.45) is 3.98. The van der Waals surface area contributed by atoms with Crippen LogP contribution in [0.5, 0.6) is 0 Å². The van der Waals surface area contributed by atoms with E-state index in [1.165, 1.54) is 4.90 Å². The highest BCUT2D eigenvalue weighted by molar-refractivity contribution is 6.48. The van der Waals surface area contributed by atoms with Crippen LogP contribution in [0.4, 0.5) is 4.79 Å². The molecule has 0 aromatic carbocycles. The highest BCUT2D eigenvalue weighted by Crippen LogP contribution is 2.53. The lowest BCUT2D eigenvalue weighted by atomic mass is 9.63. The SMILES string of the molecule is C=CCOC(=O)N1CCC(CC2=C(C(=O)O)N3C(=O)[C@H]([C@@](C)(O[SiH](C)C)C(C)(C)C)[C@H]3C2)CC1. The largest absolute Gasteiger partial charge is 0.477 e. The number of carbonyl (C=O) groups is 3. The van der Waals surface area contributed by atoms with Crippen LogP contribution in [0.2, 0.25) is 13.1 Å². The molecule has 0 aromatic rings. The lowest BCUT2D eigenvalue weighted by molar-refractivity contribution is -0.180. The van der Waals surface area contributed by atoms with E-state index >= 15 is 0 Å². The first-order chi connectivity index (χ1) is 15.8. The van der Waals surface area contributed by atoms with E-state index in [0.29, 0.717) is 25.9 Å². The molecule has 0 saturated carbocycles. The number of aliphatic carboxylic acids is 1. The first-order valence-corrected chi connectivity index (χ1v) is 15.1. The molecule has 1 N–H and O–H groups in total. The third kappa shape index (κ3) is 4.82. The average molecular weight is 493 g/mol. The van der Waals surface area contributed by atoms with E-state index in [1.54, 1.807) is 11.0 Å². The number of amides is 2. The predicted molar refractivity (Wildman–Crippen MR) is 132 cm³/mol. The van der Waals surface area contributed by atoms with Gasteiger partial charge in [0.05, 0.1) is 17.6 Å². The molecule has 0 bridgehead atoms. The molecule has 9 heteroatoms. The number of hydrogen-bond acceptors (Lipinski definition) is 5. The van der Waals surface area contributed by atoms with Gasteiger partial charge in [-0.05, 0) is 62.6 Å². The molecule has 3 heterocycles. The van der Waals surface area contributed by atoms with E-state index in [9.17, 15) is 19.5 Å². The number of fused-ring (bicyclic) bond motifs is 1. The minimum atomic E-state index is -1.45. The molecular formula is C25H40N2O6Si. The highest BCUT2D eigenvalue weighted by atomic mass is 28.3. The topological polar surface area (TPSA) is 96.4 Å². The molecule has 34 heavy (non-hydrogen) atoms. The second-order valence-corrected chi connectivity index (χ2v) is 13.6. The second-order valence-electron chi connectivity index (χ2n) is 11.2. The number of nitrogens with zero attached hydrogens (tertiary/aromatic N) is 2. The monoisotopic (exact) mass is 492 g/mol. The zero-order valence-corrected chi connectivity index (χ0v) is 22.6. The van der Waals surface area contributed by atoms with Gasteiger partial charge in [0.25, 0.3) is 0 Å². The zero-order valence-electron chi connectivity index (χ0n) is 21.4. The van der Waals surface area contributed by atoms with Crippen molar-refractivity contribution in [1.82, 2.24) is 9.80 Å². The fourth-order valence-corrected chi connectivity index (χ4v) is 7.16. The van der Waals surface area contributed by atoms with Crippen molar-refractivity contribution in [2.45, 2.75) is 78.1 Å². The van der Waals surface area contributed by atoms with Crippen molar-refractivity contribution in [2.75, 3.05) is 19.7 Å². The van der Waals surface area contributed by atoms with Crippen LogP contribution in [0.3, 0.4) is 0 Å². The Morgan fingerprint density at radius 2 is 1.82 bits per heavy atom. The van der Waals surface area contributed by atoms with Gasteiger partial charge < -0.3 is 24.1 Å². The van der Waals surface area contributed by atoms with Crippen molar-refractivity contribution in [3.05, 3.63) is 23.9 Å². The van der Waals surface area contributed by atoms with Gasteiger partial charge in [-0.25, -0.2) is 9.59 Å². The Balaban J connectivity index is 1.73. The lowest BCUT2D eigenvalue weighted by Crippen LogP contribution is -2.70. The molecule has 2 saturated heterocycles. The predicted octanol–water partition coefficient (Wildman–Crippen LogP) is 3.79. The Kier molecular flexibility index (Phi) is 7.67. The van der Waals surface area contributed by atoms with Crippen LogP contribution < -0.4 is 0 Å². The lowest BCUT2D eigenvalue weighted by Gasteiger charge is -2.57. The third-order valence-corrected chi connectivity index (χ3v) is 8.71. The summed E-state index contributed by atoms with van der Waals surface area (Å²) < 4.78 is 11.6. The quantitative estimate of drug-likeness (QED) is 0.315. The van der Waals surface area contributed by atoms with E-state index < -0.39 is 20.6 Å². The van der Waals surface area contributed by atoms with Crippen LogP contribution in [-0.4, -0.2) is 73.3 Å². The molecule has 0 unspecified atom stereocenters. The maximum absolute atomic E-state index is 13.4. The van der Waals surface area contributed by atoms with Crippen molar-refractivity contribution in [3.63, 3.8) is 0 Å². The van der Waals surface area contributed by atoms with Gasteiger partial charge in [-0.2, -0.15) is 0 Å². The van der Waals surface area contributed by atoms with Crippen LogP contribution in [0.1, 0.15) is 53.4 Å². The van der Waals surface area contributed by atoms with Gasteiger partial charge >= 0.3 is 12.1 Å². The van der Waals surface area contributed by atoms with E-state index in [-0.39, 0.29) is 47.6 Å². The summed E-state index contributed by atoms with van der Waals surface area (Å²) in [6, 6.07) is -0.167. The number of likely N-dealkylation sites (tertiary alicyclic amines) is 1. The van der Waals surface area contributed by atoms with Crippen molar-refractivity contribution in [2.24, 2.45) is 17.3 Å². The molecule has 2 amide bonds. The van der Waals surface area contributed by atoms with E-state index in [0.717, 1.165) is 18.4 Å². The van der Waals surface area contributed by atoms with E-state index in [4.69, 9.17) is 9.16 Å². The van der Waals surface area contributed by atoms with Gasteiger partial charge in [0.15, 0.2) is 9.04 Å². The van der Waals surface area contributed by atoms with Crippen LogP contribution in [0.15, 0.2) is 23.9 Å². The number of rotatable bonds is 8. The summed E-state index contributed by atoms with van der Waals surface area (Å²) >= 11 is 0.